The zero-order valence-electron chi connectivity index (χ0n) is 13.0. The number of aliphatic hydroxyl groups excluding tert-OH is 1. The normalized spacial score (nSPS) is 14.2. The Hall–Kier alpha value is -1.95. The number of hydrogen-bond donors (Lipinski definition) is 2. The molecular weight excluding hydrogens is 310 g/mol. The molecule has 4 nitrogen and oxygen atoms in total. The fourth-order valence-electron chi connectivity index (χ4n) is 2.23. The predicted molar refractivity (Wildman–Crippen MR) is 91.5 cm³/mol. The Balaban J connectivity index is 2.09. The number of sulfonamides is 1. The largest absolute Gasteiger partial charge is 0.388 e. The van der Waals surface area contributed by atoms with Crippen LogP contribution in [0.15, 0.2) is 72.1 Å². The molecule has 23 heavy (non-hydrogen) atoms. The van der Waals surface area contributed by atoms with E-state index in [-0.39, 0.29) is 11.3 Å². The van der Waals surface area contributed by atoms with Crippen LogP contribution in [0.4, 0.5) is 0 Å². The van der Waals surface area contributed by atoms with Crippen LogP contribution >= 0.6 is 0 Å². The highest BCUT2D eigenvalue weighted by molar-refractivity contribution is 7.89. The summed E-state index contributed by atoms with van der Waals surface area (Å²) in [7, 11) is -3.65. The van der Waals surface area contributed by atoms with E-state index in [9.17, 15) is 13.5 Å². The second kappa shape index (κ2) is 7.55. The molecule has 0 fully saturated rings. The third-order valence-electron chi connectivity index (χ3n) is 3.58. The van der Waals surface area contributed by atoms with Crippen molar-refractivity contribution in [1.82, 2.24) is 4.72 Å². The highest BCUT2D eigenvalue weighted by Crippen LogP contribution is 2.19. The number of aliphatic hydroxyl groups is 1. The van der Waals surface area contributed by atoms with Crippen molar-refractivity contribution in [1.29, 1.82) is 0 Å². The first-order chi connectivity index (χ1) is 10.9. The van der Waals surface area contributed by atoms with Gasteiger partial charge in [-0.2, -0.15) is 0 Å². The van der Waals surface area contributed by atoms with Crippen LogP contribution in [0.5, 0.6) is 0 Å². The summed E-state index contributed by atoms with van der Waals surface area (Å²) >= 11 is 0. The minimum atomic E-state index is -3.65. The highest BCUT2D eigenvalue weighted by Gasteiger charge is 2.21. The molecule has 0 bridgehead atoms. The molecule has 0 spiro atoms. The van der Waals surface area contributed by atoms with Gasteiger partial charge in [0.15, 0.2) is 0 Å². The van der Waals surface area contributed by atoms with Gasteiger partial charge in [0.05, 0.1) is 11.0 Å². The fraction of sp³-hybridized carbons (Fsp3) is 0.222. The summed E-state index contributed by atoms with van der Waals surface area (Å²) < 4.78 is 27.4. The topological polar surface area (TPSA) is 66.4 Å². The Bertz CT molecular complexity index is 740. The van der Waals surface area contributed by atoms with Gasteiger partial charge in [0.2, 0.25) is 10.0 Å². The third kappa shape index (κ3) is 4.76. The molecule has 2 N–H and O–H groups in total. The molecule has 0 saturated carbocycles. The molecule has 0 aromatic heterocycles. The van der Waals surface area contributed by atoms with Gasteiger partial charge in [0.25, 0.3) is 0 Å². The molecule has 2 atom stereocenters. The van der Waals surface area contributed by atoms with Crippen LogP contribution in [0.25, 0.3) is 0 Å². The van der Waals surface area contributed by atoms with Crippen molar-refractivity contribution in [3.63, 3.8) is 0 Å². The van der Waals surface area contributed by atoms with Crippen molar-refractivity contribution < 1.29 is 13.5 Å². The number of aryl methyl sites for hydroxylation is 1. The molecule has 2 aromatic rings. The molecule has 0 unspecified atom stereocenters. The Labute approximate surface area is 137 Å². The number of hydrogen-bond acceptors (Lipinski definition) is 3. The molecule has 0 saturated heterocycles. The van der Waals surface area contributed by atoms with E-state index in [1.54, 1.807) is 36.4 Å². The zero-order valence-corrected chi connectivity index (χ0v) is 13.8. The van der Waals surface area contributed by atoms with Gasteiger partial charge in [-0.05, 0) is 31.0 Å². The standard InChI is InChI=1S/C18H21NO3S/c1-3-16(13-18(20)15-7-5-4-6-8-15)19-23(21,22)17-11-9-14(2)10-12-17/h3-12,16,18-20H,1,13H2,2H3/t16-,18-/m0/s1. The highest BCUT2D eigenvalue weighted by atomic mass is 32.2. The van der Waals surface area contributed by atoms with E-state index < -0.39 is 22.2 Å². The summed E-state index contributed by atoms with van der Waals surface area (Å²) in [6.07, 6.45) is 0.955. The number of nitrogens with one attached hydrogen (secondary N) is 1. The van der Waals surface area contributed by atoms with E-state index in [0.717, 1.165) is 11.1 Å². The van der Waals surface area contributed by atoms with E-state index in [0.29, 0.717) is 0 Å². The van der Waals surface area contributed by atoms with Crippen LogP contribution in [-0.2, 0) is 10.0 Å². The average Bonchev–Trinajstić information content (AvgIpc) is 2.55. The van der Waals surface area contributed by atoms with Crippen LogP contribution < -0.4 is 4.72 Å². The number of benzene rings is 2. The van der Waals surface area contributed by atoms with E-state index in [1.807, 2.05) is 25.1 Å². The molecule has 0 aliphatic heterocycles. The van der Waals surface area contributed by atoms with Gasteiger partial charge < -0.3 is 5.11 Å². The monoisotopic (exact) mass is 331 g/mol. The maximum Gasteiger partial charge on any atom is 0.241 e. The van der Waals surface area contributed by atoms with Gasteiger partial charge in [-0.1, -0.05) is 54.1 Å². The van der Waals surface area contributed by atoms with E-state index in [1.165, 1.54) is 6.08 Å². The molecule has 5 heteroatoms. The first-order valence-corrected chi connectivity index (χ1v) is 8.85. The van der Waals surface area contributed by atoms with Crippen molar-refractivity contribution in [2.45, 2.75) is 30.4 Å². The molecule has 2 rings (SSSR count). The molecule has 0 aliphatic carbocycles. The minimum absolute atomic E-state index is 0.198. The second-order valence-electron chi connectivity index (χ2n) is 5.44. The lowest BCUT2D eigenvalue weighted by Gasteiger charge is -2.19. The maximum absolute atomic E-state index is 12.4. The van der Waals surface area contributed by atoms with Crippen molar-refractivity contribution in [2.75, 3.05) is 0 Å². The Morgan fingerprint density at radius 1 is 1.13 bits per heavy atom. The average molecular weight is 331 g/mol. The summed E-state index contributed by atoms with van der Waals surface area (Å²) in [5, 5.41) is 10.2. The Morgan fingerprint density at radius 2 is 1.74 bits per heavy atom. The van der Waals surface area contributed by atoms with Crippen molar-refractivity contribution in [3.05, 3.63) is 78.4 Å². The predicted octanol–water partition coefficient (Wildman–Crippen LogP) is 2.95. The van der Waals surface area contributed by atoms with Crippen LogP contribution in [0, 0.1) is 6.92 Å². The van der Waals surface area contributed by atoms with Gasteiger partial charge in [-0.3, -0.25) is 0 Å². The summed E-state index contributed by atoms with van der Waals surface area (Å²) in [6.45, 7) is 5.56. The maximum atomic E-state index is 12.4. The van der Waals surface area contributed by atoms with Crippen molar-refractivity contribution >= 4 is 10.0 Å². The molecule has 2 aromatic carbocycles. The summed E-state index contributed by atoms with van der Waals surface area (Å²) in [5.41, 5.74) is 1.73. The lowest BCUT2D eigenvalue weighted by atomic mass is 10.0. The molecule has 0 aliphatic rings. The van der Waals surface area contributed by atoms with E-state index in [4.69, 9.17) is 0 Å². The zero-order chi connectivity index (χ0) is 16.9. The summed E-state index contributed by atoms with van der Waals surface area (Å²) in [6, 6.07) is 15.2. The third-order valence-corrected chi connectivity index (χ3v) is 5.09. The van der Waals surface area contributed by atoms with Gasteiger partial charge in [-0.25, -0.2) is 13.1 Å². The van der Waals surface area contributed by atoms with Gasteiger partial charge in [0, 0.05) is 6.04 Å². The number of rotatable bonds is 7. The van der Waals surface area contributed by atoms with Crippen LogP contribution in [0.1, 0.15) is 23.7 Å². The van der Waals surface area contributed by atoms with Gasteiger partial charge >= 0.3 is 0 Å². The molecular formula is C18H21NO3S. The van der Waals surface area contributed by atoms with E-state index >= 15 is 0 Å². The Kier molecular flexibility index (Phi) is 5.71. The first kappa shape index (κ1) is 17.4. The molecule has 122 valence electrons. The minimum Gasteiger partial charge on any atom is -0.388 e. The van der Waals surface area contributed by atoms with Crippen molar-refractivity contribution in [2.24, 2.45) is 0 Å². The SMILES string of the molecule is C=C[C@@H](C[C@H](O)c1ccccc1)NS(=O)(=O)c1ccc(C)cc1. The van der Waals surface area contributed by atoms with Gasteiger partial charge in [-0.15, -0.1) is 6.58 Å². The molecule has 0 radical (unpaired) electrons. The van der Waals surface area contributed by atoms with Crippen molar-refractivity contribution in [3.8, 4) is 0 Å². The van der Waals surface area contributed by atoms with Crippen LogP contribution in [0.3, 0.4) is 0 Å². The summed E-state index contributed by atoms with van der Waals surface area (Å²) in [5.74, 6) is 0. The Morgan fingerprint density at radius 3 is 2.30 bits per heavy atom. The van der Waals surface area contributed by atoms with Crippen LogP contribution in [-0.4, -0.2) is 19.6 Å². The second-order valence-corrected chi connectivity index (χ2v) is 7.15. The lowest BCUT2D eigenvalue weighted by molar-refractivity contribution is 0.161. The molecule has 0 amide bonds. The van der Waals surface area contributed by atoms with Crippen LogP contribution in [0.2, 0.25) is 0 Å². The molecule has 0 heterocycles. The quantitative estimate of drug-likeness (QED) is 0.767. The first-order valence-electron chi connectivity index (χ1n) is 7.37. The van der Waals surface area contributed by atoms with Gasteiger partial charge in [0.1, 0.15) is 0 Å². The fourth-order valence-corrected chi connectivity index (χ4v) is 3.45. The van der Waals surface area contributed by atoms with E-state index in [2.05, 4.69) is 11.3 Å². The lowest BCUT2D eigenvalue weighted by Crippen LogP contribution is -2.34. The smallest absolute Gasteiger partial charge is 0.241 e. The summed E-state index contributed by atoms with van der Waals surface area (Å²) in [4.78, 5) is 0.198.